The van der Waals surface area contributed by atoms with E-state index in [4.69, 9.17) is 10.5 Å². The lowest BCUT2D eigenvalue weighted by molar-refractivity contribution is 0.264. The van der Waals surface area contributed by atoms with Crippen LogP contribution in [-0.4, -0.2) is 17.6 Å². The Hall–Kier alpha value is -1.91. The minimum atomic E-state index is 0. The number of hydrogen-bond acceptors (Lipinski definition) is 4. The first kappa shape index (κ1) is 12.5. The van der Waals surface area contributed by atoms with Crippen molar-refractivity contribution in [3.8, 4) is 16.9 Å². The van der Waals surface area contributed by atoms with Gasteiger partial charge in [0.15, 0.2) is 0 Å². The van der Waals surface area contributed by atoms with Gasteiger partial charge in [-0.1, -0.05) is 18.2 Å². The SMILES string of the molecule is N.N[C@@H]1COc2cccc(-c3cccnc3)c2C1. The summed E-state index contributed by atoms with van der Waals surface area (Å²) in [5, 5.41) is 0. The van der Waals surface area contributed by atoms with Crippen molar-refractivity contribution in [3.05, 3.63) is 48.3 Å². The lowest BCUT2D eigenvalue weighted by Gasteiger charge is -2.24. The number of ether oxygens (including phenoxy) is 1. The van der Waals surface area contributed by atoms with Crippen molar-refractivity contribution in [1.82, 2.24) is 11.1 Å². The number of nitrogens with two attached hydrogens (primary N) is 1. The highest BCUT2D eigenvalue weighted by Gasteiger charge is 2.19. The third kappa shape index (κ3) is 2.20. The van der Waals surface area contributed by atoms with Crippen molar-refractivity contribution in [2.45, 2.75) is 12.5 Å². The van der Waals surface area contributed by atoms with E-state index >= 15 is 0 Å². The zero-order valence-electron chi connectivity index (χ0n) is 10.2. The topological polar surface area (TPSA) is 83.1 Å². The molecular formula is C14H17N3O. The summed E-state index contributed by atoms with van der Waals surface area (Å²) in [4.78, 5) is 4.16. The summed E-state index contributed by atoms with van der Waals surface area (Å²) in [6.07, 6.45) is 4.51. The molecule has 4 heteroatoms. The highest BCUT2D eigenvalue weighted by Crippen LogP contribution is 2.33. The molecule has 1 aromatic carbocycles. The van der Waals surface area contributed by atoms with Crippen LogP contribution in [0, 0.1) is 0 Å². The summed E-state index contributed by atoms with van der Waals surface area (Å²) >= 11 is 0. The zero-order valence-corrected chi connectivity index (χ0v) is 10.2. The van der Waals surface area contributed by atoms with E-state index in [0.29, 0.717) is 6.61 Å². The van der Waals surface area contributed by atoms with Crippen LogP contribution in [0.1, 0.15) is 5.56 Å². The van der Waals surface area contributed by atoms with Crippen LogP contribution >= 0.6 is 0 Å². The average molecular weight is 243 g/mol. The maximum Gasteiger partial charge on any atom is 0.123 e. The second kappa shape index (κ2) is 5.16. The van der Waals surface area contributed by atoms with Gasteiger partial charge in [-0.25, -0.2) is 0 Å². The molecule has 4 nitrogen and oxygen atoms in total. The van der Waals surface area contributed by atoms with Crippen molar-refractivity contribution in [3.63, 3.8) is 0 Å². The molecule has 1 aliphatic heterocycles. The summed E-state index contributed by atoms with van der Waals surface area (Å²) in [6.45, 7) is 0.601. The monoisotopic (exact) mass is 243 g/mol. The van der Waals surface area contributed by atoms with E-state index in [1.54, 1.807) is 6.20 Å². The van der Waals surface area contributed by atoms with Gasteiger partial charge in [-0.15, -0.1) is 0 Å². The molecule has 0 spiro atoms. The number of benzene rings is 1. The van der Waals surface area contributed by atoms with E-state index < -0.39 is 0 Å². The Kier molecular flexibility index (Phi) is 3.60. The van der Waals surface area contributed by atoms with Crippen LogP contribution in [0.15, 0.2) is 42.7 Å². The normalized spacial score (nSPS) is 17.3. The Bertz CT molecular complexity index is 528. The van der Waals surface area contributed by atoms with Crippen molar-refractivity contribution in [2.24, 2.45) is 5.73 Å². The van der Waals surface area contributed by atoms with E-state index in [9.17, 15) is 0 Å². The number of nitrogens with zero attached hydrogens (tertiary/aromatic N) is 1. The standard InChI is InChI=1S/C14H14N2O.H3N/c15-11-7-13-12(10-3-2-6-16-8-10)4-1-5-14(13)17-9-11;/h1-6,8,11H,7,9,15H2;1H3/t11-;/m0./s1. The molecule has 0 radical (unpaired) electrons. The van der Waals surface area contributed by atoms with Gasteiger partial charge in [0.1, 0.15) is 12.4 Å². The molecule has 2 heterocycles. The first-order valence-corrected chi connectivity index (χ1v) is 5.75. The van der Waals surface area contributed by atoms with Crippen molar-refractivity contribution >= 4 is 0 Å². The highest BCUT2D eigenvalue weighted by atomic mass is 16.5. The van der Waals surface area contributed by atoms with Gasteiger partial charge in [-0.2, -0.15) is 0 Å². The lowest BCUT2D eigenvalue weighted by atomic mass is 9.94. The molecule has 0 saturated carbocycles. The molecule has 18 heavy (non-hydrogen) atoms. The molecule has 0 unspecified atom stereocenters. The van der Waals surface area contributed by atoms with Crippen LogP contribution in [0.5, 0.6) is 5.75 Å². The Balaban J connectivity index is 0.00000120. The zero-order chi connectivity index (χ0) is 11.7. The number of pyridine rings is 1. The summed E-state index contributed by atoms with van der Waals surface area (Å²) in [7, 11) is 0. The van der Waals surface area contributed by atoms with Gasteiger partial charge in [0.05, 0.1) is 0 Å². The fourth-order valence-corrected chi connectivity index (χ4v) is 2.22. The van der Waals surface area contributed by atoms with Crippen LogP contribution in [0.25, 0.3) is 11.1 Å². The van der Waals surface area contributed by atoms with Crippen LogP contribution in [0.4, 0.5) is 0 Å². The van der Waals surface area contributed by atoms with Crippen LogP contribution in [0.3, 0.4) is 0 Å². The average Bonchev–Trinajstić information content (AvgIpc) is 2.39. The van der Waals surface area contributed by atoms with Gasteiger partial charge in [0.2, 0.25) is 0 Å². The highest BCUT2D eigenvalue weighted by molar-refractivity contribution is 5.69. The quantitative estimate of drug-likeness (QED) is 0.804. The van der Waals surface area contributed by atoms with Gasteiger partial charge in [-0.3, -0.25) is 4.98 Å². The van der Waals surface area contributed by atoms with Crippen LogP contribution in [-0.2, 0) is 6.42 Å². The molecule has 0 bridgehead atoms. The largest absolute Gasteiger partial charge is 0.492 e. The van der Waals surface area contributed by atoms with Crippen LogP contribution < -0.4 is 16.6 Å². The van der Waals surface area contributed by atoms with Gasteiger partial charge in [0.25, 0.3) is 0 Å². The molecular weight excluding hydrogens is 226 g/mol. The summed E-state index contributed by atoms with van der Waals surface area (Å²) in [6, 6.07) is 10.2. The molecule has 1 atom stereocenters. The molecule has 0 amide bonds. The van der Waals surface area contributed by atoms with E-state index in [-0.39, 0.29) is 12.2 Å². The number of hydrogen-bond donors (Lipinski definition) is 2. The molecule has 0 fully saturated rings. The van der Waals surface area contributed by atoms with E-state index in [1.165, 1.54) is 11.1 Å². The Morgan fingerprint density at radius 3 is 2.89 bits per heavy atom. The minimum absolute atomic E-state index is 0. The first-order valence-electron chi connectivity index (χ1n) is 5.75. The summed E-state index contributed by atoms with van der Waals surface area (Å²) in [5.41, 5.74) is 9.43. The first-order chi connectivity index (χ1) is 8.34. The molecule has 1 aromatic heterocycles. The minimum Gasteiger partial charge on any atom is -0.492 e. The third-order valence-electron chi connectivity index (χ3n) is 3.02. The van der Waals surface area contributed by atoms with Gasteiger partial charge in [-0.05, 0) is 24.1 Å². The van der Waals surface area contributed by atoms with E-state index in [0.717, 1.165) is 17.7 Å². The molecule has 5 N–H and O–H groups in total. The second-order valence-electron chi connectivity index (χ2n) is 4.30. The van der Waals surface area contributed by atoms with Crippen molar-refractivity contribution < 1.29 is 4.74 Å². The van der Waals surface area contributed by atoms with Gasteiger partial charge in [0, 0.05) is 29.6 Å². The summed E-state index contributed by atoms with van der Waals surface area (Å²) in [5.74, 6) is 0.952. The second-order valence-corrected chi connectivity index (χ2v) is 4.30. The predicted molar refractivity (Wildman–Crippen MR) is 71.9 cm³/mol. The van der Waals surface area contributed by atoms with Gasteiger partial charge >= 0.3 is 0 Å². The Morgan fingerprint density at radius 2 is 2.11 bits per heavy atom. The third-order valence-corrected chi connectivity index (χ3v) is 3.02. The predicted octanol–water partition coefficient (Wildman–Crippen LogP) is 2.17. The fourth-order valence-electron chi connectivity index (χ4n) is 2.22. The number of rotatable bonds is 1. The molecule has 94 valence electrons. The fraction of sp³-hybridized carbons (Fsp3) is 0.214. The summed E-state index contributed by atoms with van der Waals surface area (Å²) < 4.78 is 5.65. The molecule has 3 rings (SSSR count). The maximum absolute atomic E-state index is 5.96. The van der Waals surface area contributed by atoms with Crippen molar-refractivity contribution in [1.29, 1.82) is 0 Å². The maximum atomic E-state index is 5.96. The lowest BCUT2D eigenvalue weighted by Crippen LogP contribution is -2.34. The van der Waals surface area contributed by atoms with Crippen molar-refractivity contribution in [2.75, 3.05) is 6.61 Å². The molecule has 1 aliphatic rings. The molecule has 2 aromatic rings. The smallest absolute Gasteiger partial charge is 0.123 e. The Labute approximate surface area is 106 Å². The van der Waals surface area contributed by atoms with E-state index in [1.807, 2.05) is 24.4 Å². The van der Waals surface area contributed by atoms with E-state index in [2.05, 4.69) is 17.1 Å². The number of aromatic nitrogens is 1. The molecule has 0 saturated heterocycles. The van der Waals surface area contributed by atoms with Gasteiger partial charge < -0.3 is 16.6 Å². The van der Waals surface area contributed by atoms with Crippen LogP contribution in [0.2, 0.25) is 0 Å². The Morgan fingerprint density at radius 1 is 1.22 bits per heavy atom. The number of fused-ring (bicyclic) bond motifs is 1. The molecule has 0 aliphatic carbocycles.